The van der Waals surface area contributed by atoms with E-state index in [1.165, 1.54) is 0 Å². The summed E-state index contributed by atoms with van der Waals surface area (Å²) in [7, 11) is 0. The van der Waals surface area contributed by atoms with Gasteiger partial charge in [-0.15, -0.1) is 0 Å². The molecular weight excluding hydrogens is 324 g/mol. The molecule has 4 heterocycles. The summed E-state index contributed by atoms with van der Waals surface area (Å²) < 4.78 is 0. The van der Waals surface area contributed by atoms with Crippen LogP contribution in [0.4, 0.5) is 5.82 Å². The quantitative estimate of drug-likeness (QED) is 0.734. The Labute approximate surface area is 153 Å². The van der Waals surface area contributed by atoms with Crippen molar-refractivity contribution in [3.05, 3.63) is 47.7 Å². The minimum Gasteiger partial charge on any atom is -0.351 e. The first kappa shape index (κ1) is 16.5. The number of nitrogens with zero attached hydrogens (tertiary/aromatic N) is 6. The summed E-state index contributed by atoms with van der Waals surface area (Å²) in [6, 6.07) is 8.81. The summed E-state index contributed by atoms with van der Waals surface area (Å²) in [4.78, 5) is 17.6. The van der Waals surface area contributed by atoms with E-state index in [0.29, 0.717) is 17.6 Å². The fourth-order valence-electron chi connectivity index (χ4n) is 3.81. The molecule has 0 radical (unpaired) electrons. The third kappa shape index (κ3) is 3.24. The van der Waals surface area contributed by atoms with Crippen molar-refractivity contribution < 1.29 is 0 Å². The standard InChI is InChI=1S/C20H20N6/c1-15-3-2-4-16(24-15)5-6-17-7-8-18-14-25(11-12-26(17)18)20-19(13-21)22-9-10-23-20/h2-4,9-10,17-18H,7-8,11-12,14H2,1H3/t17-,18-/m0/s1. The highest BCUT2D eigenvalue weighted by Gasteiger charge is 2.37. The number of fused-ring (bicyclic) bond motifs is 1. The summed E-state index contributed by atoms with van der Waals surface area (Å²) >= 11 is 0. The van der Waals surface area contributed by atoms with E-state index >= 15 is 0 Å². The van der Waals surface area contributed by atoms with E-state index in [1.54, 1.807) is 12.4 Å². The molecular formula is C20H20N6. The van der Waals surface area contributed by atoms with E-state index in [2.05, 4.69) is 42.7 Å². The number of hydrogen-bond donors (Lipinski definition) is 0. The van der Waals surface area contributed by atoms with Crippen LogP contribution in [0.5, 0.6) is 0 Å². The van der Waals surface area contributed by atoms with Crippen LogP contribution in [0.3, 0.4) is 0 Å². The highest BCUT2D eigenvalue weighted by Crippen LogP contribution is 2.29. The molecule has 6 nitrogen and oxygen atoms in total. The topological polar surface area (TPSA) is 68.9 Å². The normalized spacial score (nSPS) is 22.2. The second-order valence-electron chi connectivity index (χ2n) is 6.70. The van der Waals surface area contributed by atoms with Crippen LogP contribution in [0.15, 0.2) is 30.6 Å². The maximum atomic E-state index is 9.26. The van der Waals surface area contributed by atoms with Crippen molar-refractivity contribution in [3.63, 3.8) is 0 Å². The molecule has 2 saturated heterocycles. The molecule has 2 aromatic heterocycles. The number of pyridine rings is 1. The van der Waals surface area contributed by atoms with Crippen molar-refractivity contribution in [1.29, 1.82) is 5.26 Å². The average molecular weight is 344 g/mol. The first-order valence-corrected chi connectivity index (χ1v) is 8.91. The fraction of sp³-hybridized carbons (Fsp3) is 0.400. The predicted molar refractivity (Wildman–Crippen MR) is 98.3 cm³/mol. The van der Waals surface area contributed by atoms with E-state index in [1.807, 2.05) is 25.1 Å². The van der Waals surface area contributed by atoms with Gasteiger partial charge in [0.2, 0.25) is 0 Å². The maximum Gasteiger partial charge on any atom is 0.183 e. The van der Waals surface area contributed by atoms with Gasteiger partial charge in [0.1, 0.15) is 11.8 Å². The Hall–Kier alpha value is -2.96. The molecule has 0 spiro atoms. The number of hydrogen-bond acceptors (Lipinski definition) is 6. The lowest BCUT2D eigenvalue weighted by molar-refractivity contribution is 0.202. The summed E-state index contributed by atoms with van der Waals surface area (Å²) in [5, 5.41) is 9.26. The van der Waals surface area contributed by atoms with E-state index in [0.717, 1.165) is 43.9 Å². The first-order valence-electron chi connectivity index (χ1n) is 8.91. The zero-order valence-electron chi connectivity index (χ0n) is 14.8. The minimum atomic E-state index is 0.279. The smallest absolute Gasteiger partial charge is 0.183 e. The molecule has 2 aromatic rings. The molecule has 0 aliphatic carbocycles. The number of anilines is 1. The van der Waals surface area contributed by atoms with Crippen molar-refractivity contribution in [2.45, 2.75) is 31.8 Å². The largest absolute Gasteiger partial charge is 0.351 e. The van der Waals surface area contributed by atoms with Gasteiger partial charge in [-0.3, -0.25) is 4.90 Å². The van der Waals surface area contributed by atoms with Crippen LogP contribution in [0, 0.1) is 30.1 Å². The van der Waals surface area contributed by atoms with Crippen LogP contribution < -0.4 is 4.90 Å². The molecule has 130 valence electrons. The van der Waals surface area contributed by atoms with Crippen molar-refractivity contribution in [3.8, 4) is 17.9 Å². The number of piperazine rings is 1. The van der Waals surface area contributed by atoms with Gasteiger partial charge in [0, 0.05) is 43.8 Å². The van der Waals surface area contributed by atoms with Gasteiger partial charge in [0.15, 0.2) is 11.5 Å². The van der Waals surface area contributed by atoms with Gasteiger partial charge in [-0.2, -0.15) is 5.26 Å². The zero-order valence-corrected chi connectivity index (χ0v) is 14.8. The Morgan fingerprint density at radius 1 is 1.15 bits per heavy atom. The summed E-state index contributed by atoms with van der Waals surface area (Å²) in [5.74, 6) is 7.36. The molecule has 0 bridgehead atoms. The SMILES string of the molecule is Cc1cccc(C#C[C@H]2CC[C@H]3CN(c4nccnc4C#N)CCN32)n1. The summed E-state index contributed by atoms with van der Waals surface area (Å²) in [6.45, 7) is 4.61. The van der Waals surface area contributed by atoms with E-state index in [4.69, 9.17) is 0 Å². The van der Waals surface area contributed by atoms with Crippen molar-refractivity contribution in [2.75, 3.05) is 24.5 Å². The Bertz CT molecular complexity index is 906. The molecule has 2 fully saturated rings. The third-order valence-corrected chi connectivity index (χ3v) is 5.04. The molecule has 2 aliphatic rings. The minimum absolute atomic E-state index is 0.279. The molecule has 4 rings (SSSR count). The lowest BCUT2D eigenvalue weighted by Gasteiger charge is -2.39. The van der Waals surface area contributed by atoms with E-state index in [-0.39, 0.29) is 6.04 Å². The molecule has 2 aliphatic heterocycles. The van der Waals surface area contributed by atoms with Crippen molar-refractivity contribution in [1.82, 2.24) is 19.9 Å². The predicted octanol–water partition coefficient (Wildman–Crippen LogP) is 1.76. The fourth-order valence-corrected chi connectivity index (χ4v) is 3.81. The second-order valence-corrected chi connectivity index (χ2v) is 6.70. The molecule has 2 atom stereocenters. The van der Waals surface area contributed by atoms with Crippen LogP contribution in [-0.4, -0.2) is 51.6 Å². The second kappa shape index (κ2) is 7.11. The summed E-state index contributed by atoms with van der Waals surface area (Å²) in [5.41, 5.74) is 2.23. The van der Waals surface area contributed by atoms with E-state index in [9.17, 15) is 5.26 Å². The van der Waals surface area contributed by atoms with Gasteiger partial charge >= 0.3 is 0 Å². The van der Waals surface area contributed by atoms with Crippen LogP contribution in [0.2, 0.25) is 0 Å². The lowest BCUT2D eigenvalue weighted by Crippen LogP contribution is -2.52. The van der Waals surface area contributed by atoms with Gasteiger partial charge in [-0.1, -0.05) is 12.0 Å². The molecule has 26 heavy (non-hydrogen) atoms. The van der Waals surface area contributed by atoms with Crippen LogP contribution in [0.1, 0.15) is 29.9 Å². The number of nitriles is 1. The van der Waals surface area contributed by atoms with Gasteiger partial charge in [-0.05, 0) is 37.8 Å². The Kier molecular flexibility index (Phi) is 4.51. The van der Waals surface area contributed by atoms with Crippen LogP contribution in [-0.2, 0) is 0 Å². The van der Waals surface area contributed by atoms with Gasteiger partial charge in [0.05, 0.1) is 6.04 Å². The van der Waals surface area contributed by atoms with Gasteiger partial charge < -0.3 is 4.90 Å². The molecule has 0 amide bonds. The van der Waals surface area contributed by atoms with Crippen LogP contribution >= 0.6 is 0 Å². The summed E-state index contributed by atoms with van der Waals surface area (Å²) in [6.07, 6.45) is 5.40. The molecule has 0 saturated carbocycles. The third-order valence-electron chi connectivity index (χ3n) is 5.04. The highest BCUT2D eigenvalue weighted by molar-refractivity contribution is 5.50. The van der Waals surface area contributed by atoms with Crippen molar-refractivity contribution in [2.24, 2.45) is 0 Å². The zero-order chi connectivity index (χ0) is 17.9. The Morgan fingerprint density at radius 3 is 2.88 bits per heavy atom. The van der Waals surface area contributed by atoms with E-state index < -0.39 is 0 Å². The van der Waals surface area contributed by atoms with Gasteiger partial charge in [-0.25, -0.2) is 15.0 Å². The number of rotatable bonds is 1. The first-order chi connectivity index (χ1) is 12.7. The number of aryl methyl sites for hydroxylation is 1. The molecule has 0 N–H and O–H groups in total. The molecule has 0 aromatic carbocycles. The lowest BCUT2D eigenvalue weighted by atomic mass is 10.1. The van der Waals surface area contributed by atoms with Crippen LogP contribution in [0.25, 0.3) is 0 Å². The average Bonchev–Trinajstić information content (AvgIpc) is 3.08. The Morgan fingerprint density at radius 2 is 2.04 bits per heavy atom. The monoisotopic (exact) mass is 344 g/mol. The van der Waals surface area contributed by atoms with Crippen molar-refractivity contribution >= 4 is 5.82 Å². The van der Waals surface area contributed by atoms with Gasteiger partial charge in [0.25, 0.3) is 0 Å². The molecule has 0 unspecified atom stereocenters. The Balaban J connectivity index is 1.47. The number of aromatic nitrogens is 3. The highest BCUT2D eigenvalue weighted by atomic mass is 15.3. The maximum absolute atomic E-state index is 9.26. The molecule has 6 heteroatoms.